The number of hydrogen-bond acceptors (Lipinski definition) is 4. The van der Waals surface area contributed by atoms with Crippen LogP contribution in [0.25, 0.3) is 10.9 Å². The highest BCUT2D eigenvalue weighted by Gasteiger charge is 2.33. The van der Waals surface area contributed by atoms with Crippen molar-refractivity contribution in [2.75, 3.05) is 6.54 Å². The first-order valence-electron chi connectivity index (χ1n) is 9.04. The molecule has 0 aliphatic rings. The van der Waals surface area contributed by atoms with Crippen LogP contribution in [-0.4, -0.2) is 28.8 Å². The summed E-state index contributed by atoms with van der Waals surface area (Å²) in [5.74, 6) is -0.133. The summed E-state index contributed by atoms with van der Waals surface area (Å²) in [5, 5.41) is 0.480. The lowest BCUT2D eigenvalue weighted by Crippen LogP contribution is -2.38. The summed E-state index contributed by atoms with van der Waals surface area (Å²) in [7, 11) is -2.30. The van der Waals surface area contributed by atoms with Crippen molar-refractivity contribution < 1.29 is 12.8 Å². The topological polar surface area (TPSA) is 72.3 Å². The van der Waals surface area contributed by atoms with Gasteiger partial charge in [0.05, 0.1) is 21.8 Å². The quantitative estimate of drug-likeness (QED) is 0.633. The first kappa shape index (κ1) is 20.2. The third-order valence-corrected chi connectivity index (χ3v) is 6.78. The Hall–Kier alpha value is -2.58. The predicted molar refractivity (Wildman–Crippen MR) is 106 cm³/mol. The van der Waals surface area contributed by atoms with Crippen molar-refractivity contribution in [3.63, 3.8) is 0 Å². The Labute approximate surface area is 163 Å². The molecule has 1 atom stereocenters. The molecule has 0 fully saturated rings. The maximum Gasteiger partial charge on any atom is 0.261 e. The van der Waals surface area contributed by atoms with Gasteiger partial charge in [-0.25, -0.2) is 17.8 Å². The van der Waals surface area contributed by atoms with Crippen molar-refractivity contribution >= 4 is 20.9 Å². The van der Waals surface area contributed by atoms with Crippen LogP contribution < -0.4 is 5.56 Å². The molecule has 0 N–H and O–H groups in total. The summed E-state index contributed by atoms with van der Waals surface area (Å²) in [6.07, 6.45) is 0.423. The van der Waals surface area contributed by atoms with E-state index in [0.717, 1.165) is 12.1 Å². The van der Waals surface area contributed by atoms with Crippen molar-refractivity contribution in [2.45, 2.75) is 31.2 Å². The summed E-state index contributed by atoms with van der Waals surface area (Å²) in [4.78, 5) is 17.3. The second kappa shape index (κ2) is 7.81. The van der Waals surface area contributed by atoms with Crippen LogP contribution in [-0.2, 0) is 17.1 Å². The summed E-state index contributed by atoms with van der Waals surface area (Å²) in [6, 6.07) is 11.1. The maximum absolute atomic E-state index is 13.2. The van der Waals surface area contributed by atoms with E-state index in [4.69, 9.17) is 0 Å². The molecule has 28 heavy (non-hydrogen) atoms. The van der Waals surface area contributed by atoms with Crippen LogP contribution in [0, 0.1) is 5.82 Å². The molecule has 0 saturated heterocycles. The summed E-state index contributed by atoms with van der Waals surface area (Å²) in [6.45, 7) is 3.75. The molecule has 1 aromatic heterocycles. The number of benzene rings is 2. The van der Waals surface area contributed by atoms with Gasteiger partial charge in [0.15, 0.2) is 0 Å². The van der Waals surface area contributed by atoms with Gasteiger partial charge in [0, 0.05) is 13.6 Å². The van der Waals surface area contributed by atoms with Crippen LogP contribution in [0.4, 0.5) is 4.39 Å². The summed E-state index contributed by atoms with van der Waals surface area (Å²) in [5.41, 5.74) is 0.295. The van der Waals surface area contributed by atoms with E-state index < -0.39 is 21.9 Å². The SMILES string of the molecule is CCC(c1nc2ccccc2c(=O)n1C)N(CC)S(=O)(=O)c1ccc(F)cc1. The van der Waals surface area contributed by atoms with E-state index in [1.54, 1.807) is 38.2 Å². The first-order valence-corrected chi connectivity index (χ1v) is 10.5. The zero-order chi connectivity index (χ0) is 20.5. The summed E-state index contributed by atoms with van der Waals surface area (Å²) < 4.78 is 42.3. The van der Waals surface area contributed by atoms with Gasteiger partial charge >= 0.3 is 0 Å². The largest absolute Gasteiger partial charge is 0.298 e. The fourth-order valence-corrected chi connectivity index (χ4v) is 5.02. The molecule has 1 heterocycles. The predicted octanol–water partition coefficient (Wildman–Crippen LogP) is 3.23. The second-order valence-electron chi connectivity index (χ2n) is 6.44. The smallest absolute Gasteiger partial charge is 0.261 e. The molecule has 3 rings (SSSR count). The normalized spacial score (nSPS) is 13.2. The van der Waals surface area contributed by atoms with Gasteiger partial charge in [0.25, 0.3) is 5.56 Å². The number of sulfonamides is 1. The second-order valence-corrected chi connectivity index (χ2v) is 8.33. The van der Waals surface area contributed by atoms with Gasteiger partial charge in [0.2, 0.25) is 10.0 Å². The van der Waals surface area contributed by atoms with Crippen molar-refractivity contribution in [2.24, 2.45) is 7.05 Å². The van der Waals surface area contributed by atoms with Gasteiger partial charge < -0.3 is 0 Å². The third-order valence-electron chi connectivity index (χ3n) is 4.78. The van der Waals surface area contributed by atoms with E-state index >= 15 is 0 Å². The lowest BCUT2D eigenvalue weighted by Gasteiger charge is -2.30. The van der Waals surface area contributed by atoms with Gasteiger partial charge in [-0.05, 0) is 42.8 Å². The molecular weight excluding hydrogens is 381 g/mol. The lowest BCUT2D eigenvalue weighted by molar-refractivity contribution is 0.309. The summed E-state index contributed by atoms with van der Waals surface area (Å²) >= 11 is 0. The molecule has 1 unspecified atom stereocenters. The van der Waals surface area contributed by atoms with Gasteiger partial charge in [-0.3, -0.25) is 9.36 Å². The van der Waals surface area contributed by atoms with E-state index in [2.05, 4.69) is 4.98 Å². The first-order chi connectivity index (χ1) is 13.3. The van der Waals surface area contributed by atoms with Crippen molar-refractivity contribution in [1.82, 2.24) is 13.9 Å². The van der Waals surface area contributed by atoms with Crippen LogP contribution in [0.3, 0.4) is 0 Å². The molecule has 0 saturated carbocycles. The number of rotatable bonds is 6. The van der Waals surface area contributed by atoms with Crippen molar-refractivity contribution in [3.8, 4) is 0 Å². The number of nitrogens with zero attached hydrogens (tertiary/aromatic N) is 3. The molecule has 0 amide bonds. The number of fused-ring (bicyclic) bond motifs is 1. The Balaban J connectivity index is 2.16. The highest BCUT2D eigenvalue weighted by molar-refractivity contribution is 7.89. The number of aromatic nitrogens is 2. The Morgan fingerprint density at radius 3 is 2.36 bits per heavy atom. The average Bonchev–Trinajstić information content (AvgIpc) is 2.69. The molecule has 148 valence electrons. The molecule has 0 spiro atoms. The van der Waals surface area contributed by atoms with Crippen molar-refractivity contribution in [1.29, 1.82) is 0 Å². The Kier molecular flexibility index (Phi) is 5.62. The molecular formula is C20H22FN3O3S. The van der Waals surface area contributed by atoms with Crippen LogP contribution in [0.2, 0.25) is 0 Å². The molecule has 6 nitrogen and oxygen atoms in total. The Morgan fingerprint density at radius 1 is 1.11 bits per heavy atom. The molecule has 8 heteroatoms. The molecule has 2 aromatic carbocycles. The highest BCUT2D eigenvalue weighted by atomic mass is 32.2. The molecule has 0 radical (unpaired) electrons. The number of para-hydroxylation sites is 1. The zero-order valence-corrected chi connectivity index (χ0v) is 16.8. The minimum atomic E-state index is -3.90. The standard InChI is InChI=1S/C20H22FN3O3S/c1-4-18(19-22-17-9-7-6-8-16(17)20(25)23(19)3)24(5-2)28(26,27)15-12-10-14(21)11-13-15/h6-13,18H,4-5H2,1-3H3. The maximum atomic E-state index is 13.2. The zero-order valence-electron chi connectivity index (χ0n) is 16.0. The van der Waals surface area contributed by atoms with E-state index in [0.29, 0.717) is 23.1 Å². The molecule has 0 aliphatic carbocycles. The van der Waals surface area contributed by atoms with Crippen LogP contribution in [0.15, 0.2) is 58.2 Å². The van der Waals surface area contributed by atoms with Crippen LogP contribution in [0.5, 0.6) is 0 Å². The molecule has 3 aromatic rings. The number of hydrogen-bond donors (Lipinski definition) is 0. The van der Waals surface area contributed by atoms with E-state index in [1.807, 2.05) is 6.92 Å². The third kappa shape index (κ3) is 3.45. The van der Waals surface area contributed by atoms with Gasteiger partial charge in [-0.15, -0.1) is 0 Å². The minimum absolute atomic E-state index is 0.0000100. The Bertz CT molecular complexity index is 1160. The Morgan fingerprint density at radius 2 is 1.75 bits per heavy atom. The highest BCUT2D eigenvalue weighted by Crippen LogP contribution is 2.29. The van der Waals surface area contributed by atoms with Crippen molar-refractivity contribution in [3.05, 3.63) is 70.5 Å². The fraction of sp³-hybridized carbons (Fsp3) is 0.300. The van der Waals surface area contributed by atoms with E-state index in [1.165, 1.54) is 21.0 Å². The van der Waals surface area contributed by atoms with Gasteiger partial charge in [0.1, 0.15) is 11.6 Å². The van der Waals surface area contributed by atoms with E-state index in [-0.39, 0.29) is 17.0 Å². The minimum Gasteiger partial charge on any atom is -0.298 e. The van der Waals surface area contributed by atoms with E-state index in [9.17, 15) is 17.6 Å². The lowest BCUT2D eigenvalue weighted by atomic mass is 10.1. The van der Waals surface area contributed by atoms with Crippen LogP contribution in [0.1, 0.15) is 32.1 Å². The molecule has 0 aliphatic heterocycles. The van der Waals surface area contributed by atoms with Gasteiger partial charge in [-0.1, -0.05) is 26.0 Å². The van der Waals surface area contributed by atoms with Gasteiger partial charge in [-0.2, -0.15) is 4.31 Å². The fourth-order valence-electron chi connectivity index (χ4n) is 3.35. The monoisotopic (exact) mass is 403 g/mol. The van der Waals surface area contributed by atoms with Crippen LogP contribution >= 0.6 is 0 Å². The average molecular weight is 403 g/mol. The molecule has 0 bridgehead atoms. The number of halogens is 1.